The Bertz CT molecular complexity index is 320. The topological polar surface area (TPSA) is 12.9 Å². The predicted octanol–water partition coefficient (Wildman–Crippen LogP) is 2.87. The van der Waals surface area contributed by atoms with E-state index < -0.39 is 0 Å². The molecule has 0 radical (unpaired) electrons. The van der Waals surface area contributed by atoms with E-state index in [1.54, 1.807) is 0 Å². The van der Waals surface area contributed by atoms with E-state index in [0.717, 1.165) is 0 Å². The zero-order valence-electron chi connectivity index (χ0n) is 8.72. The van der Waals surface area contributed by atoms with Gasteiger partial charge < -0.3 is 0 Å². The minimum Gasteiger partial charge on any atom is -0.261 e. The predicted molar refractivity (Wildman–Crippen MR) is 55.0 cm³/mol. The second-order valence-corrected chi connectivity index (χ2v) is 4.89. The molecule has 0 bridgehead atoms. The second kappa shape index (κ2) is 2.83. The van der Waals surface area contributed by atoms with Gasteiger partial charge in [0.2, 0.25) is 0 Å². The third kappa shape index (κ3) is 1.48. The van der Waals surface area contributed by atoms with Gasteiger partial charge in [0.05, 0.1) is 0 Å². The van der Waals surface area contributed by atoms with Gasteiger partial charge in [-0.2, -0.15) is 0 Å². The zero-order valence-corrected chi connectivity index (χ0v) is 8.72. The van der Waals surface area contributed by atoms with Crippen LogP contribution in [0.3, 0.4) is 0 Å². The Labute approximate surface area is 80.2 Å². The van der Waals surface area contributed by atoms with Crippen LogP contribution in [0.2, 0.25) is 0 Å². The summed E-state index contributed by atoms with van der Waals surface area (Å²) in [7, 11) is 0. The molecular formula is C12H17N. The molecule has 0 unspecified atom stereocenters. The first-order valence-corrected chi connectivity index (χ1v) is 5.06. The van der Waals surface area contributed by atoms with Crippen LogP contribution in [0, 0.1) is 0 Å². The standard InChI is InChI=1S/C12H17N/c1-12(2,3)10-7-8-13-11-6-4-5-9(10)11/h7-8H,4-6H2,1-3H3. The number of aromatic nitrogens is 1. The number of hydrogen-bond acceptors (Lipinski definition) is 1. The molecule has 70 valence electrons. The maximum Gasteiger partial charge on any atom is 0.0438 e. The molecule has 2 rings (SSSR count). The number of pyridine rings is 1. The van der Waals surface area contributed by atoms with Gasteiger partial charge in [-0.15, -0.1) is 0 Å². The molecule has 0 atom stereocenters. The lowest BCUT2D eigenvalue weighted by Crippen LogP contribution is -2.14. The summed E-state index contributed by atoms with van der Waals surface area (Å²) >= 11 is 0. The van der Waals surface area contributed by atoms with E-state index in [9.17, 15) is 0 Å². The third-order valence-corrected chi connectivity index (χ3v) is 2.79. The van der Waals surface area contributed by atoms with Crippen LogP contribution >= 0.6 is 0 Å². The van der Waals surface area contributed by atoms with E-state index in [0.29, 0.717) is 0 Å². The fourth-order valence-corrected chi connectivity index (χ4v) is 2.17. The number of nitrogens with zero attached hydrogens (tertiary/aromatic N) is 1. The summed E-state index contributed by atoms with van der Waals surface area (Å²) in [5.74, 6) is 0. The highest BCUT2D eigenvalue weighted by atomic mass is 14.7. The number of hydrogen-bond donors (Lipinski definition) is 0. The van der Waals surface area contributed by atoms with Crippen molar-refractivity contribution in [3.8, 4) is 0 Å². The van der Waals surface area contributed by atoms with Crippen molar-refractivity contribution in [3.05, 3.63) is 29.1 Å². The minimum absolute atomic E-state index is 0.275. The molecule has 0 fully saturated rings. The molecule has 1 aliphatic rings. The van der Waals surface area contributed by atoms with Gasteiger partial charge in [-0.05, 0) is 41.9 Å². The minimum atomic E-state index is 0.275. The van der Waals surface area contributed by atoms with Gasteiger partial charge in [-0.3, -0.25) is 4.98 Å². The molecule has 1 heteroatoms. The van der Waals surface area contributed by atoms with Gasteiger partial charge in [-0.25, -0.2) is 0 Å². The van der Waals surface area contributed by atoms with Gasteiger partial charge >= 0.3 is 0 Å². The Balaban J connectivity index is 2.54. The van der Waals surface area contributed by atoms with Crippen LogP contribution < -0.4 is 0 Å². The molecule has 0 aromatic carbocycles. The number of aryl methyl sites for hydroxylation is 1. The lowest BCUT2D eigenvalue weighted by atomic mass is 9.84. The van der Waals surface area contributed by atoms with Crippen molar-refractivity contribution in [2.24, 2.45) is 0 Å². The molecule has 0 amide bonds. The fraction of sp³-hybridized carbons (Fsp3) is 0.583. The Morgan fingerprint density at radius 1 is 1.23 bits per heavy atom. The molecule has 1 aromatic heterocycles. The molecule has 0 saturated heterocycles. The first-order valence-electron chi connectivity index (χ1n) is 5.06. The normalized spacial score (nSPS) is 15.9. The number of fused-ring (bicyclic) bond motifs is 1. The van der Waals surface area contributed by atoms with Crippen LogP contribution in [0.15, 0.2) is 12.3 Å². The average molecular weight is 175 g/mol. The van der Waals surface area contributed by atoms with Crippen molar-refractivity contribution in [2.45, 2.75) is 45.4 Å². The molecule has 0 N–H and O–H groups in total. The van der Waals surface area contributed by atoms with E-state index in [2.05, 4.69) is 31.8 Å². The SMILES string of the molecule is CC(C)(C)c1ccnc2c1CCC2. The molecule has 1 heterocycles. The summed E-state index contributed by atoms with van der Waals surface area (Å²) in [6.45, 7) is 6.84. The summed E-state index contributed by atoms with van der Waals surface area (Å²) in [5, 5.41) is 0. The van der Waals surface area contributed by atoms with E-state index in [-0.39, 0.29) is 5.41 Å². The van der Waals surface area contributed by atoms with Crippen LogP contribution in [0.4, 0.5) is 0 Å². The highest BCUT2D eigenvalue weighted by Gasteiger charge is 2.22. The van der Waals surface area contributed by atoms with E-state index in [1.807, 2.05) is 6.20 Å². The van der Waals surface area contributed by atoms with Crippen molar-refractivity contribution in [1.82, 2.24) is 4.98 Å². The summed E-state index contributed by atoms with van der Waals surface area (Å²) in [5.41, 5.74) is 4.63. The van der Waals surface area contributed by atoms with Crippen LogP contribution in [0.5, 0.6) is 0 Å². The Hall–Kier alpha value is -0.850. The molecule has 1 aliphatic carbocycles. The van der Waals surface area contributed by atoms with Crippen molar-refractivity contribution in [3.63, 3.8) is 0 Å². The fourth-order valence-electron chi connectivity index (χ4n) is 2.17. The van der Waals surface area contributed by atoms with Gasteiger partial charge in [0.1, 0.15) is 0 Å². The average Bonchev–Trinajstić information content (AvgIpc) is 2.48. The Morgan fingerprint density at radius 2 is 2.00 bits per heavy atom. The van der Waals surface area contributed by atoms with Crippen LogP contribution in [0.25, 0.3) is 0 Å². The highest BCUT2D eigenvalue weighted by molar-refractivity contribution is 5.37. The lowest BCUT2D eigenvalue weighted by molar-refractivity contribution is 0.582. The van der Waals surface area contributed by atoms with Crippen LogP contribution in [0.1, 0.15) is 44.0 Å². The maximum absolute atomic E-state index is 4.43. The molecule has 1 aromatic rings. The van der Waals surface area contributed by atoms with Crippen LogP contribution in [-0.2, 0) is 18.3 Å². The molecular weight excluding hydrogens is 158 g/mol. The second-order valence-electron chi connectivity index (χ2n) is 4.89. The quantitative estimate of drug-likeness (QED) is 0.591. The van der Waals surface area contributed by atoms with Gasteiger partial charge in [-0.1, -0.05) is 20.8 Å². The van der Waals surface area contributed by atoms with E-state index in [1.165, 1.54) is 36.1 Å². The van der Waals surface area contributed by atoms with Crippen molar-refractivity contribution >= 4 is 0 Å². The Kier molecular flexibility index (Phi) is 1.90. The first kappa shape index (κ1) is 8.74. The van der Waals surface area contributed by atoms with E-state index in [4.69, 9.17) is 0 Å². The van der Waals surface area contributed by atoms with Gasteiger partial charge in [0.15, 0.2) is 0 Å². The summed E-state index contributed by atoms with van der Waals surface area (Å²) in [4.78, 5) is 4.43. The lowest BCUT2D eigenvalue weighted by Gasteiger charge is -2.22. The molecule has 13 heavy (non-hydrogen) atoms. The van der Waals surface area contributed by atoms with E-state index >= 15 is 0 Å². The smallest absolute Gasteiger partial charge is 0.0438 e. The molecule has 0 aliphatic heterocycles. The van der Waals surface area contributed by atoms with Gasteiger partial charge in [0.25, 0.3) is 0 Å². The third-order valence-electron chi connectivity index (χ3n) is 2.79. The first-order chi connectivity index (χ1) is 6.09. The van der Waals surface area contributed by atoms with Crippen molar-refractivity contribution in [1.29, 1.82) is 0 Å². The Morgan fingerprint density at radius 3 is 2.69 bits per heavy atom. The van der Waals surface area contributed by atoms with Gasteiger partial charge in [0, 0.05) is 11.9 Å². The molecule has 1 nitrogen and oxygen atoms in total. The van der Waals surface area contributed by atoms with Crippen molar-refractivity contribution in [2.75, 3.05) is 0 Å². The zero-order chi connectivity index (χ0) is 9.47. The highest BCUT2D eigenvalue weighted by Crippen LogP contribution is 2.31. The monoisotopic (exact) mass is 175 g/mol. The molecule has 0 spiro atoms. The summed E-state index contributed by atoms with van der Waals surface area (Å²) in [6.07, 6.45) is 5.66. The summed E-state index contributed by atoms with van der Waals surface area (Å²) in [6, 6.07) is 2.18. The largest absolute Gasteiger partial charge is 0.261 e. The molecule has 0 saturated carbocycles. The van der Waals surface area contributed by atoms with Crippen LogP contribution in [-0.4, -0.2) is 4.98 Å². The van der Waals surface area contributed by atoms with Crippen molar-refractivity contribution < 1.29 is 0 Å². The number of rotatable bonds is 0. The maximum atomic E-state index is 4.43. The summed E-state index contributed by atoms with van der Waals surface area (Å²) < 4.78 is 0.